The Morgan fingerprint density at radius 2 is 2.00 bits per heavy atom. The Morgan fingerprint density at radius 1 is 1.38 bits per heavy atom. The number of rotatable bonds is 3. The normalized spacial score (nSPS) is 13.6. The van der Waals surface area contributed by atoms with Gasteiger partial charge < -0.3 is 11.1 Å². The molecular weight excluding hydrogens is 198 g/mol. The maximum absolute atomic E-state index is 5.86. The first-order chi connectivity index (χ1) is 7.30. The van der Waals surface area contributed by atoms with Gasteiger partial charge in [-0.1, -0.05) is 27.7 Å². The molecule has 90 valence electrons. The van der Waals surface area contributed by atoms with Crippen LogP contribution < -0.4 is 11.1 Å². The predicted molar refractivity (Wildman–Crippen MR) is 70.5 cm³/mol. The molecule has 1 atom stereocenters. The summed E-state index contributed by atoms with van der Waals surface area (Å²) >= 11 is 0. The summed E-state index contributed by atoms with van der Waals surface area (Å²) in [7, 11) is 0. The lowest BCUT2D eigenvalue weighted by Crippen LogP contribution is -2.25. The summed E-state index contributed by atoms with van der Waals surface area (Å²) in [6.45, 7) is 11.8. The number of nitrogen functional groups attached to an aromatic ring is 1. The standard InChI is InChI=1S/C13H23N3/c1-9(13(3,4)5)8-15-12-11(14)7-6-10(2)16-12/h6-7,9H,8,14H2,1-5H3,(H,15,16). The largest absolute Gasteiger partial charge is 0.396 e. The molecule has 1 unspecified atom stereocenters. The second kappa shape index (κ2) is 4.73. The molecule has 0 saturated heterocycles. The van der Waals surface area contributed by atoms with Gasteiger partial charge in [0.15, 0.2) is 0 Å². The van der Waals surface area contributed by atoms with E-state index in [4.69, 9.17) is 5.73 Å². The number of anilines is 2. The Balaban J connectivity index is 2.64. The molecule has 0 radical (unpaired) electrons. The smallest absolute Gasteiger partial charge is 0.149 e. The van der Waals surface area contributed by atoms with Crippen LogP contribution >= 0.6 is 0 Å². The fourth-order valence-electron chi connectivity index (χ4n) is 1.27. The maximum atomic E-state index is 5.86. The first-order valence-electron chi connectivity index (χ1n) is 5.77. The van der Waals surface area contributed by atoms with Gasteiger partial charge in [-0.25, -0.2) is 4.98 Å². The highest BCUT2D eigenvalue weighted by molar-refractivity contribution is 5.61. The van der Waals surface area contributed by atoms with E-state index in [1.165, 1.54) is 0 Å². The quantitative estimate of drug-likeness (QED) is 0.824. The topological polar surface area (TPSA) is 50.9 Å². The monoisotopic (exact) mass is 221 g/mol. The summed E-state index contributed by atoms with van der Waals surface area (Å²) in [5, 5.41) is 3.32. The van der Waals surface area contributed by atoms with Gasteiger partial charge >= 0.3 is 0 Å². The minimum Gasteiger partial charge on any atom is -0.396 e. The molecule has 1 rings (SSSR count). The van der Waals surface area contributed by atoms with E-state index in [0.29, 0.717) is 17.0 Å². The maximum Gasteiger partial charge on any atom is 0.149 e. The van der Waals surface area contributed by atoms with E-state index < -0.39 is 0 Å². The summed E-state index contributed by atoms with van der Waals surface area (Å²) in [4.78, 5) is 4.39. The molecule has 3 N–H and O–H groups in total. The zero-order chi connectivity index (χ0) is 12.3. The van der Waals surface area contributed by atoms with Gasteiger partial charge in [0.1, 0.15) is 5.82 Å². The van der Waals surface area contributed by atoms with Crippen LogP contribution in [0.25, 0.3) is 0 Å². The van der Waals surface area contributed by atoms with Crippen LogP contribution in [0, 0.1) is 18.3 Å². The third-order valence-electron chi connectivity index (χ3n) is 3.12. The highest BCUT2D eigenvalue weighted by Crippen LogP contribution is 2.26. The zero-order valence-corrected chi connectivity index (χ0v) is 11.0. The van der Waals surface area contributed by atoms with Crippen molar-refractivity contribution in [3.05, 3.63) is 17.8 Å². The number of aromatic nitrogens is 1. The lowest BCUT2D eigenvalue weighted by atomic mass is 9.82. The van der Waals surface area contributed by atoms with Gasteiger partial charge in [-0.3, -0.25) is 0 Å². The van der Waals surface area contributed by atoms with E-state index >= 15 is 0 Å². The van der Waals surface area contributed by atoms with Crippen LogP contribution in [0.4, 0.5) is 11.5 Å². The molecule has 0 fully saturated rings. The van der Waals surface area contributed by atoms with Crippen LogP contribution in [0.15, 0.2) is 12.1 Å². The van der Waals surface area contributed by atoms with Gasteiger partial charge in [0.2, 0.25) is 0 Å². The third-order valence-corrected chi connectivity index (χ3v) is 3.12. The van der Waals surface area contributed by atoms with Crippen LogP contribution in [-0.2, 0) is 0 Å². The highest BCUT2D eigenvalue weighted by atomic mass is 15.0. The second-order valence-electron chi connectivity index (χ2n) is 5.54. The predicted octanol–water partition coefficient (Wildman–Crippen LogP) is 3.07. The lowest BCUT2D eigenvalue weighted by molar-refractivity contribution is 0.274. The van der Waals surface area contributed by atoms with E-state index in [0.717, 1.165) is 18.1 Å². The molecule has 0 aromatic carbocycles. The summed E-state index contributed by atoms with van der Waals surface area (Å²) in [6, 6.07) is 3.82. The molecule has 0 bridgehead atoms. The van der Waals surface area contributed by atoms with E-state index in [-0.39, 0.29) is 0 Å². The molecule has 1 aromatic heterocycles. The first kappa shape index (κ1) is 12.8. The molecular formula is C13H23N3. The van der Waals surface area contributed by atoms with Crippen molar-refractivity contribution in [3.8, 4) is 0 Å². The Hall–Kier alpha value is -1.25. The number of aryl methyl sites for hydroxylation is 1. The van der Waals surface area contributed by atoms with E-state index in [2.05, 4.69) is 38.0 Å². The fraction of sp³-hybridized carbons (Fsp3) is 0.615. The van der Waals surface area contributed by atoms with E-state index in [1.807, 2.05) is 19.1 Å². The first-order valence-corrected chi connectivity index (χ1v) is 5.77. The molecule has 1 aromatic rings. The van der Waals surface area contributed by atoms with Gasteiger partial charge in [-0.15, -0.1) is 0 Å². The van der Waals surface area contributed by atoms with Crippen molar-refractivity contribution >= 4 is 11.5 Å². The molecule has 3 nitrogen and oxygen atoms in total. The van der Waals surface area contributed by atoms with Gasteiger partial charge in [0.25, 0.3) is 0 Å². The minimum atomic E-state index is 0.297. The third kappa shape index (κ3) is 3.40. The number of pyridine rings is 1. The van der Waals surface area contributed by atoms with Gasteiger partial charge in [0.05, 0.1) is 5.69 Å². The Morgan fingerprint density at radius 3 is 2.56 bits per heavy atom. The van der Waals surface area contributed by atoms with Crippen molar-refractivity contribution in [2.24, 2.45) is 11.3 Å². The molecule has 0 spiro atoms. The summed E-state index contributed by atoms with van der Waals surface area (Å²) in [5.41, 5.74) is 7.86. The average Bonchev–Trinajstić information content (AvgIpc) is 2.17. The van der Waals surface area contributed by atoms with Crippen LogP contribution in [0.5, 0.6) is 0 Å². The van der Waals surface area contributed by atoms with Crippen molar-refractivity contribution in [1.29, 1.82) is 0 Å². The molecule has 0 aliphatic carbocycles. The van der Waals surface area contributed by atoms with Crippen LogP contribution in [0.1, 0.15) is 33.4 Å². The van der Waals surface area contributed by atoms with Crippen LogP contribution in [0.3, 0.4) is 0 Å². The SMILES string of the molecule is Cc1ccc(N)c(NCC(C)C(C)(C)C)n1. The number of nitrogens with zero attached hydrogens (tertiary/aromatic N) is 1. The molecule has 1 heterocycles. The fourth-order valence-corrected chi connectivity index (χ4v) is 1.27. The molecule has 16 heavy (non-hydrogen) atoms. The molecule has 0 aliphatic rings. The molecule has 3 heteroatoms. The Bertz CT molecular complexity index is 353. The Kier molecular flexibility index (Phi) is 3.79. The molecule has 0 aliphatic heterocycles. The number of nitrogens with one attached hydrogen (secondary N) is 1. The average molecular weight is 221 g/mol. The highest BCUT2D eigenvalue weighted by Gasteiger charge is 2.19. The zero-order valence-electron chi connectivity index (χ0n) is 11.0. The van der Waals surface area contributed by atoms with Gasteiger partial charge in [0, 0.05) is 12.2 Å². The molecule has 0 saturated carbocycles. The van der Waals surface area contributed by atoms with E-state index in [1.54, 1.807) is 0 Å². The molecule has 0 amide bonds. The van der Waals surface area contributed by atoms with Gasteiger partial charge in [-0.2, -0.15) is 0 Å². The Labute approximate surface area is 98.5 Å². The number of hydrogen-bond donors (Lipinski definition) is 2. The number of nitrogens with two attached hydrogens (primary N) is 1. The van der Waals surface area contributed by atoms with Crippen LogP contribution in [-0.4, -0.2) is 11.5 Å². The van der Waals surface area contributed by atoms with Crippen LogP contribution in [0.2, 0.25) is 0 Å². The summed E-state index contributed by atoms with van der Waals surface area (Å²) in [5.74, 6) is 1.37. The van der Waals surface area contributed by atoms with Crippen molar-refractivity contribution in [2.45, 2.75) is 34.6 Å². The van der Waals surface area contributed by atoms with E-state index in [9.17, 15) is 0 Å². The van der Waals surface area contributed by atoms with Crippen molar-refractivity contribution < 1.29 is 0 Å². The van der Waals surface area contributed by atoms with Crippen molar-refractivity contribution in [2.75, 3.05) is 17.6 Å². The number of hydrogen-bond acceptors (Lipinski definition) is 3. The van der Waals surface area contributed by atoms with Crippen molar-refractivity contribution in [3.63, 3.8) is 0 Å². The minimum absolute atomic E-state index is 0.297. The summed E-state index contributed by atoms with van der Waals surface area (Å²) in [6.07, 6.45) is 0. The summed E-state index contributed by atoms with van der Waals surface area (Å²) < 4.78 is 0. The lowest BCUT2D eigenvalue weighted by Gasteiger charge is -2.27. The second-order valence-corrected chi connectivity index (χ2v) is 5.54. The van der Waals surface area contributed by atoms with Gasteiger partial charge in [-0.05, 0) is 30.4 Å². The van der Waals surface area contributed by atoms with Crippen molar-refractivity contribution in [1.82, 2.24) is 4.98 Å².